The zero-order valence-electron chi connectivity index (χ0n) is 17.6. The highest BCUT2D eigenvalue weighted by Crippen LogP contribution is 2.22. The summed E-state index contributed by atoms with van der Waals surface area (Å²) in [6.07, 6.45) is 8.11. The van der Waals surface area contributed by atoms with Gasteiger partial charge in [-0.05, 0) is 38.5 Å². The number of fused-ring (bicyclic) bond motifs is 1. The van der Waals surface area contributed by atoms with Crippen LogP contribution in [0.5, 0.6) is 0 Å². The fourth-order valence-corrected chi connectivity index (χ4v) is 5.52. The van der Waals surface area contributed by atoms with E-state index in [-0.39, 0.29) is 29.7 Å². The Kier molecular flexibility index (Phi) is 10.1. The van der Waals surface area contributed by atoms with Gasteiger partial charge in [0.05, 0.1) is 0 Å². The van der Waals surface area contributed by atoms with Crippen molar-refractivity contribution in [2.75, 3.05) is 19.3 Å². The molecule has 29 heavy (non-hydrogen) atoms. The predicted octanol–water partition coefficient (Wildman–Crippen LogP) is 1.63. The fraction of sp³-hybridized carbons (Fsp3) is 0.842. The monoisotopic (exact) mass is 538 g/mol. The number of aliphatic imine (C=N–C) groups is 1. The predicted molar refractivity (Wildman–Crippen MR) is 129 cm³/mol. The Labute approximate surface area is 192 Å². The normalized spacial score (nSPS) is 23.0. The molecule has 0 aromatic carbocycles. The van der Waals surface area contributed by atoms with Crippen LogP contribution in [0, 0.1) is 0 Å². The van der Waals surface area contributed by atoms with Crippen LogP contribution >= 0.6 is 24.0 Å². The van der Waals surface area contributed by atoms with Crippen molar-refractivity contribution in [1.82, 2.24) is 25.0 Å². The molecule has 166 valence electrons. The molecule has 3 unspecified atom stereocenters. The van der Waals surface area contributed by atoms with Gasteiger partial charge in [0, 0.05) is 60.9 Å². The molecule has 8 nitrogen and oxygen atoms in total. The average Bonchev–Trinajstić information content (AvgIpc) is 3.05. The van der Waals surface area contributed by atoms with E-state index in [0.29, 0.717) is 17.8 Å². The van der Waals surface area contributed by atoms with Crippen molar-refractivity contribution >= 4 is 40.7 Å². The Morgan fingerprint density at radius 2 is 2.14 bits per heavy atom. The number of hydrogen-bond acceptors (Lipinski definition) is 4. The Bertz CT molecular complexity index is 762. The third kappa shape index (κ3) is 6.53. The summed E-state index contributed by atoms with van der Waals surface area (Å²) in [5, 5.41) is 11.6. The minimum atomic E-state index is -0.720. The standard InChI is InChI=1S/C19H34N6O2S.HI/c1-3-28(27)16-9-6-8-15(14-16)22-18(20-2)21-11-7-13-25-19(26)24-12-5-4-10-17(24)23-25;/h15-16H,3-14H2,1-2H3,(H2,20,21,22);1H. The van der Waals surface area contributed by atoms with Crippen molar-refractivity contribution in [3.05, 3.63) is 16.3 Å². The van der Waals surface area contributed by atoms with Gasteiger partial charge in [-0.25, -0.2) is 9.48 Å². The summed E-state index contributed by atoms with van der Waals surface area (Å²) in [7, 11) is 1.05. The molecule has 1 saturated carbocycles. The first-order valence-electron chi connectivity index (χ1n) is 10.6. The molecule has 0 bridgehead atoms. The molecule has 0 amide bonds. The Morgan fingerprint density at radius 3 is 2.86 bits per heavy atom. The maximum absolute atomic E-state index is 12.4. The number of aryl methyl sites for hydroxylation is 2. The summed E-state index contributed by atoms with van der Waals surface area (Å²) < 4.78 is 15.5. The first kappa shape index (κ1) is 24.4. The summed E-state index contributed by atoms with van der Waals surface area (Å²) in [5.74, 6) is 2.45. The van der Waals surface area contributed by atoms with Gasteiger partial charge in [0.2, 0.25) is 0 Å². The zero-order valence-corrected chi connectivity index (χ0v) is 20.7. The SMILES string of the molecule is CCS(=O)C1CCCC(NC(=NC)NCCCn2nc3n(c2=O)CCCC3)C1.I. The van der Waals surface area contributed by atoms with Crippen molar-refractivity contribution in [3.63, 3.8) is 0 Å². The molecule has 0 spiro atoms. The van der Waals surface area contributed by atoms with Crippen LogP contribution in [0.2, 0.25) is 0 Å². The number of nitrogens with zero attached hydrogens (tertiary/aromatic N) is 4. The van der Waals surface area contributed by atoms with E-state index in [1.165, 1.54) is 0 Å². The molecule has 1 fully saturated rings. The molecule has 2 N–H and O–H groups in total. The lowest BCUT2D eigenvalue weighted by Gasteiger charge is -2.30. The fourth-order valence-electron chi connectivity index (χ4n) is 4.17. The maximum Gasteiger partial charge on any atom is 0.345 e. The second kappa shape index (κ2) is 12.1. The Hall–Kier alpha value is -0.910. The van der Waals surface area contributed by atoms with Crippen LogP contribution in [0.4, 0.5) is 0 Å². The number of aromatic nitrogens is 3. The quantitative estimate of drug-likeness (QED) is 0.238. The third-order valence-corrected chi connectivity index (χ3v) is 7.46. The minimum Gasteiger partial charge on any atom is -0.356 e. The van der Waals surface area contributed by atoms with Gasteiger partial charge in [0.25, 0.3) is 0 Å². The lowest BCUT2D eigenvalue weighted by molar-refractivity contribution is 0.413. The third-order valence-electron chi connectivity index (χ3n) is 5.72. The maximum atomic E-state index is 12.4. The topological polar surface area (TPSA) is 93.3 Å². The first-order chi connectivity index (χ1) is 13.6. The largest absolute Gasteiger partial charge is 0.356 e. The highest BCUT2D eigenvalue weighted by atomic mass is 127. The molecular weight excluding hydrogens is 503 g/mol. The molecule has 1 aliphatic carbocycles. The lowest BCUT2D eigenvalue weighted by atomic mass is 9.95. The average molecular weight is 539 g/mol. The van der Waals surface area contributed by atoms with E-state index < -0.39 is 10.8 Å². The van der Waals surface area contributed by atoms with Crippen LogP contribution in [0.15, 0.2) is 9.79 Å². The van der Waals surface area contributed by atoms with Crippen LogP contribution in [0.1, 0.15) is 57.7 Å². The zero-order chi connectivity index (χ0) is 19.9. The van der Waals surface area contributed by atoms with Crippen LogP contribution in [0.25, 0.3) is 0 Å². The van der Waals surface area contributed by atoms with Gasteiger partial charge in [-0.3, -0.25) is 13.8 Å². The Morgan fingerprint density at radius 1 is 1.31 bits per heavy atom. The summed E-state index contributed by atoms with van der Waals surface area (Å²) >= 11 is 0. The van der Waals surface area contributed by atoms with Crippen LogP contribution in [-0.4, -0.2) is 55.2 Å². The van der Waals surface area contributed by atoms with E-state index in [2.05, 4.69) is 20.7 Å². The van der Waals surface area contributed by atoms with Crippen LogP contribution in [0.3, 0.4) is 0 Å². The van der Waals surface area contributed by atoms with E-state index >= 15 is 0 Å². The highest BCUT2D eigenvalue weighted by molar-refractivity contribution is 14.0. The van der Waals surface area contributed by atoms with Crippen molar-refractivity contribution < 1.29 is 4.21 Å². The number of nitrogens with one attached hydrogen (secondary N) is 2. The van der Waals surface area contributed by atoms with Crippen molar-refractivity contribution in [3.8, 4) is 0 Å². The minimum absolute atomic E-state index is 0. The molecule has 2 aliphatic rings. The molecule has 0 radical (unpaired) electrons. The molecule has 1 aliphatic heterocycles. The molecule has 1 aromatic rings. The number of guanidine groups is 1. The van der Waals surface area contributed by atoms with E-state index in [4.69, 9.17) is 0 Å². The molecule has 3 atom stereocenters. The van der Waals surface area contributed by atoms with E-state index in [9.17, 15) is 9.00 Å². The smallest absolute Gasteiger partial charge is 0.345 e. The van der Waals surface area contributed by atoms with Crippen LogP contribution < -0.4 is 16.3 Å². The van der Waals surface area contributed by atoms with Crippen molar-refractivity contribution in [2.24, 2.45) is 4.99 Å². The molecule has 0 saturated heterocycles. The summed E-state index contributed by atoms with van der Waals surface area (Å²) in [6, 6.07) is 0.322. The molecule has 1 aromatic heterocycles. The number of rotatable bonds is 7. The first-order valence-corrected chi connectivity index (χ1v) is 12.0. The summed E-state index contributed by atoms with van der Waals surface area (Å²) in [6.45, 7) is 4.14. The highest BCUT2D eigenvalue weighted by Gasteiger charge is 2.26. The van der Waals surface area contributed by atoms with Gasteiger partial charge in [-0.1, -0.05) is 13.3 Å². The van der Waals surface area contributed by atoms with Gasteiger partial charge >= 0.3 is 5.69 Å². The molecule has 10 heteroatoms. The van der Waals surface area contributed by atoms with E-state index in [1.54, 1.807) is 11.7 Å². The molecule has 3 rings (SSSR count). The van der Waals surface area contributed by atoms with Gasteiger partial charge in [-0.15, -0.1) is 24.0 Å². The van der Waals surface area contributed by atoms with Crippen molar-refractivity contribution in [2.45, 2.75) is 82.7 Å². The van der Waals surface area contributed by atoms with Crippen molar-refractivity contribution in [1.29, 1.82) is 0 Å². The molecular formula is C19H35IN6O2S. The van der Waals surface area contributed by atoms with Gasteiger partial charge in [0.1, 0.15) is 5.82 Å². The number of hydrogen-bond donors (Lipinski definition) is 2. The van der Waals surface area contributed by atoms with Gasteiger partial charge in [-0.2, -0.15) is 5.10 Å². The van der Waals surface area contributed by atoms with Gasteiger partial charge < -0.3 is 10.6 Å². The summed E-state index contributed by atoms with van der Waals surface area (Å²) in [4.78, 5) is 16.7. The molecule has 2 heterocycles. The Balaban J connectivity index is 0.00000300. The second-order valence-corrected chi connectivity index (χ2v) is 9.69. The number of halogens is 1. The van der Waals surface area contributed by atoms with E-state index in [0.717, 1.165) is 82.0 Å². The van der Waals surface area contributed by atoms with Crippen LogP contribution in [-0.2, 0) is 30.3 Å². The van der Waals surface area contributed by atoms with Gasteiger partial charge in [0.15, 0.2) is 5.96 Å². The van der Waals surface area contributed by atoms with E-state index in [1.807, 2.05) is 11.5 Å². The lowest BCUT2D eigenvalue weighted by Crippen LogP contribution is -2.47. The second-order valence-electron chi connectivity index (χ2n) is 7.68. The summed E-state index contributed by atoms with van der Waals surface area (Å²) in [5.41, 5.74) is 0.0226.